The third-order valence-electron chi connectivity index (χ3n) is 2.58. The summed E-state index contributed by atoms with van der Waals surface area (Å²) in [7, 11) is 2.95. The van der Waals surface area contributed by atoms with Crippen molar-refractivity contribution >= 4 is 40.8 Å². The van der Waals surface area contributed by atoms with E-state index in [1.54, 1.807) is 6.07 Å². The predicted molar refractivity (Wildman–Crippen MR) is 68.0 cm³/mol. The van der Waals surface area contributed by atoms with Crippen molar-refractivity contribution in [2.24, 2.45) is 0 Å². The van der Waals surface area contributed by atoms with Crippen LogP contribution < -0.4 is 9.47 Å². The smallest absolute Gasteiger partial charge is 0.339 e. The number of esters is 1. The van der Waals surface area contributed by atoms with E-state index < -0.39 is 15.9 Å². The maximum absolute atomic E-state index is 11.7. The van der Waals surface area contributed by atoms with Crippen molar-refractivity contribution in [1.82, 2.24) is 0 Å². The Kier molecular flexibility index (Phi) is 3.54. The van der Waals surface area contributed by atoms with E-state index in [2.05, 4.69) is 0 Å². The number of hydrogen-bond acceptors (Lipinski definition) is 4. The van der Waals surface area contributed by atoms with Gasteiger partial charge in [0.15, 0.2) is 17.6 Å². The van der Waals surface area contributed by atoms with E-state index in [1.807, 2.05) is 0 Å². The lowest BCUT2D eigenvalue weighted by Crippen LogP contribution is -2.16. The Labute approximate surface area is 119 Å². The van der Waals surface area contributed by atoms with Crippen LogP contribution >= 0.6 is 34.8 Å². The number of hydrogen-bond donors (Lipinski definition) is 0. The van der Waals surface area contributed by atoms with Crippen molar-refractivity contribution < 1.29 is 19.0 Å². The third kappa shape index (κ3) is 2.20. The van der Waals surface area contributed by atoms with Crippen LogP contribution in [0.3, 0.4) is 0 Å². The highest BCUT2D eigenvalue weighted by molar-refractivity contribution is 6.68. The summed E-state index contributed by atoms with van der Waals surface area (Å²) in [6.07, 6.45) is -0.954. The molecule has 4 nitrogen and oxygen atoms in total. The highest BCUT2D eigenvalue weighted by atomic mass is 35.6. The lowest BCUT2D eigenvalue weighted by atomic mass is 10.0. The number of fused-ring (bicyclic) bond motifs is 1. The Bertz CT molecular complexity index is 496. The first kappa shape index (κ1) is 13.6. The van der Waals surface area contributed by atoms with Crippen molar-refractivity contribution in [1.29, 1.82) is 0 Å². The van der Waals surface area contributed by atoms with E-state index in [9.17, 15) is 4.79 Å². The largest absolute Gasteiger partial charge is 0.493 e. The zero-order valence-corrected chi connectivity index (χ0v) is 11.8. The van der Waals surface area contributed by atoms with Crippen LogP contribution in [0.2, 0.25) is 0 Å². The van der Waals surface area contributed by atoms with Gasteiger partial charge in [-0.15, -0.1) is 0 Å². The number of methoxy groups -OCH3 is 2. The molecule has 1 aliphatic heterocycles. The van der Waals surface area contributed by atoms with E-state index in [-0.39, 0.29) is 0 Å². The number of cyclic esters (lactones) is 1. The molecule has 18 heavy (non-hydrogen) atoms. The van der Waals surface area contributed by atoms with Crippen LogP contribution in [0.1, 0.15) is 22.0 Å². The second-order valence-electron chi connectivity index (χ2n) is 3.62. The predicted octanol–water partition coefficient (Wildman–Crippen LogP) is 3.29. The van der Waals surface area contributed by atoms with Gasteiger partial charge in [0.2, 0.25) is 3.79 Å². The summed E-state index contributed by atoms with van der Waals surface area (Å²) in [5, 5.41) is 0. The van der Waals surface area contributed by atoms with E-state index in [1.165, 1.54) is 20.3 Å². The molecule has 1 aromatic rings. The van der Waals surface area contributed by atoms with Crippen LogP contribution in [0.15, 0.2) is 12.1 Å². The first-order chi connectivity index (χ1) is 8.38. The summed E-state index contributed by atoms with van der Waals surface area (Å²) in [5.74, 6) is 0.300. The van der Waals surface area contributed by atoms with Gasteiger partial charge in [-0.05, 0) is 12.1 Å². The van der Waals surface area contributed by atoms with E-state index >= 15 is 0 Å². The van der Waals surface area contributed by atoms with Gasteiger partial charge in [0.25, 0.3) is 0 Å². The quantitative estimate of drug-likeness (QED) is 0.621. The number of alkyl halides is 3. The Morgan fingerprint density at radius 1 is 1.17 bits per heavy atom. The maximum Gasteiger partial charge on any atom is 0.339 e. The number of carbonyl (C=O) groups is 1. The fraction of sp³-hybridized carbons (Fsp3) is 0.364. The second-order valence-corrected chi connectivity index (χ2v) is 5.99. The topological polar surface area (TPSA) is 44.8 Å². The molecule has 0 spiro atoms. The summed E-state index contributed by atoms with van der Waals surface area (Å²) in [6.45, 7) is 0. The molecule has 0 aromatic heterocycles. The minimum atomic E-state index is -1.74. The normalized spacial score (nSPS) is 18.3. The molecule has 1 heterocycles. The summed E-state index contributed by atoms with van der Waals surface area (Å²) >= 11 is 17.3. The van der Waals surface area contributed by atoms with E-state index in [0.717, 1.165) is 0 Å². The van der Waals surface area contributed by atoms with E-state index in [4.69, 9.17) is 49.0 Å². The first-order valence-electron chi connectivity index (χ1n) is 4.92. The number of halogens is 3. The average molecular weight is 312 g/mol. The van der Waals surface area contributed by atoms with E-state index in [0.29, 0.717) is 22.6 Å². The molecule has 0 aliphatic carbocycles. The van der Waals surface area contributed by atoms with Crippen molar-refractivity contribution in [2.45, 2.75) is 9.90 Å². The van der Waals surface area contributed by atoms with Gasteiger partial charge in [-0.25, -0.2) is 4.79 Å². The van der Waals surface area contributed by atoms with Gasteiger partial charge in [-0.2, -0.15) is 0 Å². The van der Waals surface area contributed by atoms with Gasteiger partial charge < -0.3 is 14.2 Å². The SMILES string of the molecule is COc1cc2c(cc1OC)C(C(Cl)(Cl)Cl)OC2=O. The van der Waals surface area contributed by atoms with Crippen molar-refractivity contribution in [3.8, 4) is 11.5 Å². The monoisotopic (exact) mass is 310 g/mol. The Hall–Kier alpha value is -0.840. The molecule has 0 radical (unpaired) electrons. The highest BCUT2D eigenvalue weighted by Crippen LogP contribution is 2.49. The van der Waals surface area contributed by atoms with Crippen LogP contribution in [0.4, 0.5) is 0 Å². The Morgan fingerprint density at radius 2 is 1.72 bits per heavy atom. The fourth-order valence-corrected chi connectivity index (χ4v) is 2.25. The Morgan fingerprint density at radius 3 is 2.22 bits per heavy atom. The zero-order valence-electron chi connectivity index (χ0n) is 9.50. The van der Waals surface area contributed by atoms with Crippen molar-refractivity contribution in [3.05, 3.63) is 23.3 Å². The van der Waals surface area contributed by atoms with Crippen molar-refractivity contribution in [2.75, 3.05) is 14.2 Å². The fourth-order valence-electron chi connectivity index (χ4n) is 1.77. The Balaban J connectivity index is 2.57. The van der Waals surface area contributed by atoms with Crippen LogP contribution in [0.5, 0.6) is 11.5 Å². The molecule has 1 aliphatic rings. The minimum Gasteiger partial charge on any atom is -0.493 e. The number of carbonyl (C=O) groups excluding carboxylic acids is 1. The van der Waals surface area contributed by atoms with Crippen LogP contribution in [0, 0.1) is 0 Å². The van der Waals surface area contributed by atoms with Gasteiger partial charge in [0.05, 0.1) is 19.8 Å². The molecule has 0 bridgehead atoms. The molecule has 1 unspecified atom stereocenters. The molecule has 2 rings (SSSR count). The summed E-state index contributed by atoms with van der Waals surface area (Å²) in [4.78, 5) is 11.7. The summed E-state index contributed by atoms with van der Waals surface area (Å²) in [6, 6.07) is 3.08. The molecule has 0 saturated carbocycles. The number of ether oxygens (including phenoxy) is 3. The number of rotatable bonds is 2. The van der Waals surface area contributed by atoms with Crippen LogP contribution in [-0.4, -0.2) is 24.0 Å². The van der Waals surface area contributed by atoms with Crippen molar-refractivity contribution in [3.63, 3.8) is 0 Å². The van der Waals surface area contributed by atoms with Crippen LogP contribution in [0.25, 0.3) is 0 Å². The zero-order chi connectivity index (χ0) is 13.5. The minimum absolute atomic E-state index is 0.309. The lowest BCUT2D eigenvalue weighted by Gasteiger charge is -2.19. The average Bonchev–Trinajstić information content (AvgIpc) is 2.64. The van der Waals surface area contributed by atoms with Gasteiger partial charge in [-0.1, -0.05) is 34.8 Å². The number of benzene rings is 1. The molecule has 0 amide bonds. The lowest BCUT2D eigenvalue weighted by molar-refractivity contribution is 0.0393. The summed E-state index contributed by atoms with van der Waals surface area (Å²) in [5.41, 5.74) is 0.779. The maximum atomic E-state index is 11.7. The molecule has 0 saturated heterocycles. The second kappa shape index (κ2) is 4.68. The molecular formula is C11H9Cl3O4. The van der Waals surface area contributed by atoms with Gasteiger partial charge in [-0.3, -0.25) is 0 Å². The molecule has 0 N–H and O–H groups in total. The van der Waals surface area contributed by atoms with Gasteiger partial charge in [0.1, 0.15) is 0 Å². The molecule has 0 fully saturated rings. The first-order valence-corrected chi connectivity index (χ1v) is 6.05. The molecule has 98 valence electrons. The highest BCUT2D eigenvalue weighted by Gasteiger charge is 2.45. The molecule has 7 heteroatoms. The molecule has 1 aromatic carbocycles. The van der Waals surface area contributed by atoms with Gasteiger partial charge in [0, 0.05) is 5.56 Å². The molecular weight excluding hydrogens is 302 g/mol. The van der Waals surface area contributed by atoms with Crippen LogP contribution in [-0.2, 0) is 4.74 Å². The standard InChI is InChI=1S/C11H9Cl3O4/c1-16-7-3-5-6(4-8(7)17-2)10(15)18-9(5)11(12,13)14/h3-4,9H,1-2H3. The molecule has 1 atom stereocenters. The summed E-state index contributed by atoms with van der Waals surface area (Å²) < 4.78 is 13.5. The van der Waals surface area contributed by atoms with Gasteiger partial charge >= 0.3 is 5.97 Å². The third-order valence-corrected chi connectivity index (χ3v) is 3.17.